The lowest BCUT2D eigenvalue weighted by molar-refractivity contribution is -0.137. The van der Waals surface area contributed by atoms with Crippen molar-refractivity contribution in [1.29, 1.82) is 0 Å². The minimum absolute atomic E-state index is 0.0662. The summed E-state index contributed by atoms with van der Waals surface area (Å²) in [7, 11) is 0. The van der Waals surface area contributed by atoms with Crippen LogP contribution in [0.5, 0.6) is 0 Å². The Hall–Kier alpha value is -0.290. The monoisotopic (exact) mass is 227 g/mol. The molecule has 2 nitrogen and oxygen atoms in total. The van der Waals surface area contributed by atoms with Crippen molar-refractivity contribution in [3.05, 3.63) is 0 Å². The van der Waals surface area contributed by atoms with Crippen molar-refractivity contribution in [2.45, 2.75) is 38.8 Å². The van der Waals surface area contributed by atoms with Crippen LogP contribution in [0.3, 0.4) is 0 Å². The molecule has 0 aromatic heterocycles. The first kappa shape index (κ1) is 14.7. The molecule has 0 aliphatic rings. The van der Waals surface area contributed by atoms with Crippen molar-refractivity contribution < 1.29 is 17.9 Å². The first-order valence-corrected chi connectivity index (χ1v) is 5.41. The van der Waals surface area contributed by atoms with E-state index in [0.717, 1.165) is 25.9 Å². The van der Waals surface area contributed by atoms with E-state index < -0.39 is 12.6 Å². The summed E-state index contributed by atoms with van der Waals surface area (Å²) in [4.78, 5) is 0. The molecular weight excluding hydrogens is 207 g/mol. The molecule has 0 atom stereocenters. The predicted octanol–water partition coefficient (Wildman–Crippen LogP) is 2.74. The van der Waals surface area contributed by atoms with E-state index in [2.05, 4.69) is 5.32 Å². The molecule has 0 aliphatic heterocycles. The fraction of sp³-hybridized carbons (Fsp3) is 1.00. The van der Waals surface area contributed by atoms with Crippen molar-refractivity contribution in [3.8, 4) is 0 Å². The number of nitrogens with one attached hydrogen (secondary N) is 1. The number of hydrogen-bond acceptors (Lipinski definition) is 2. The van der Waals surface area contributed by atoms with E-state index in [9.17, 15) is 13.2 Å². The molecule has 0 fully saturated rings. The molecule has 0 aliphatic carbocycles. The summed E-state index contributed by atoms with van der Waals surface area (Å²) in [5, 5.41) is 3.17. The van der Waals surface area contributed by atoms with Crippen LogP contribution in [0.2, 0.25) is 0 Å². The number of rotatable bonds is 9. The van der Waals surface area contributed by atoms with Gasteiger partial charge in [0.25, 0.3) is 0 Å². The van der Waals surface area contributed by atoms with Crippen LogP contribution in [0.25, 0.3) is 0 Å². The molecule has 0 amide bonds. The summed E-state index contributed by atoms with van der Waals surface area (Å²) < 4.78 is 40.2. The number of alkyl halides is 3. The lowest BCUT2D eigenvalue weighted by atomic mass is 10.3. The number of halogens is 3. The van der Waals surface area contributed by atoms with Gasteiger partial charge in [-0.15, -0.1) is 0 Å². The van der Waals surface area contributed by atoms with Gasteiger partial charge in [0, 0.05) is 19.6 Å². The van der Waals surface area contributed by atoms with Crippen LogP contribution in [0, 0.1) is 0 Å². The lowest BCUT2D eigenvalue weighted by Crippen LogP contribution is -2.14. The van der Waals surface area contributed by atoms with Gasteiger partial charge in [-0.2, -0.15) is 13.2 Å². The number of hydrogen-bond donors (Lipinski definition) is 1. The van der Waals surface area contributed by atoms with Crippen LogP contribution in [0.15, 0.2) is 0 Å². The summed E-state index contributed by atoms with van der Waals surface area (Å²) in [6, 6.07) is 0. The van der Waals surface area contributed by atoms with E-state index in [1.165, 1.54) is 0 Å². The molecule has 0 aromatic carbocycles. The molecule has 0 spiro atoms. The van der Waals surface area contributed by atoms with E-state index in [-0.39, 0.29) is 13.0 Å². The molecule has 0 rings (SSSR count). The third kappa shape index (κ3) is 13.7. The molecule has 15 heavy (non-hydrogen) atoms. The van der Waals surface area contributed by atoms with E-state index in [0.29, 0.717) is 6.61 Å². The van der Waals surface area contributed by atoms with Gasteiger partial charge in [-0.05, 0) is 32.4 Å². The molecule has 0 radical (unpaired) electrons. The Kier molecular flexibility index (Phi) is 8.80. The zero-order valence-electron chi connectivity index (χ0n) is 9.20. The Morgan fingerprint density at radius 2 is 1.73 bits per heavy atom. The topological polar surface area (TPSA) is 21.3 Å². The Morgan fingerprint density at radius 3 is 2.33 bits per heavy atom. The van der Waals surface area contributed by atoms with Crippen LogP contribution >= 0.6 is 0 Å². The van der Waals surface area contributed by atoms with E-state index >= 15 is 0 Å². The lowest BCUT2D eigenvalue weighted by Gasteiger charge is -2.06. The summed E-state index contributed by atoms with van der Waals surface area (Å²) in [6.45, 7) is 4.70. The molecule has 0 saturated carbocycles. The largest absolute Gasteiger partial charge is 0.389 e. The maximum atomic E-state index is 11.7. The molecule has 0 unspecified atom stereocenters. The second kappa shape index (κ2) is 8.97. The maximum absolute atomic E-state index is 11.7. The SMILES string of the molecule is CCNCCCCOCCCC(F)(F)F. The average molecular weight is 227 g/mol. The summed E-state index contributed by atoms with van der Waals surface area (Å²) in [5.41, 5.74) is 0. The standard InChI is InChI=1S/C10H20F3NO/c1-2-14-7-3-4-8-15-9-5-6-10(11,12)13/h14H,2-9H2,1H3. The van der Waals surface area contributed by atoms with Gasteiger partial charge in [0.05, 0.1) is 0 Å². The Morgan fingerprint density at radius 1 is 1.07 bits per heavy atom. The molecule has 5 heteroatoms. The van der Waals surface area contributed by atoms with Gasteiger partial charge in [-0.1, -0.05) is 6.92 Å². The van der Waals surface area contributed by atoms with Crippen molar-refractivity contribution in [3.63, 3.8) is 0 Å². The van der Waals surface area contributed by atoms with Crippen molar-refractivity contribution in [2.24, 2.45) is 0 Å². The van der Waals surface area contributed by atoms with Crippen molar-refractivity contribution in [1.82, 2.24) is 5.32 Å². The fourth-order valence-electron chi connectivity index (χ4n) is 1.11. The Labute approximate surface area is 89.2 Å². The molecule has 1 N–H and O–H groups in total. The van der Waals surface area contributed by atoms with Crippen LogP contribution in [-0.2, 0) is 4.74 Å². The van der Waals surface area contributed by atoms with Gasteiger partial charge in [-0.25, -0.2) is 0 Å². The summed E-state index contributed by atoms with van der Waals surface area (Å²) in [5.74, 6) is 0. The highest BCUT2D eigenvalue weighted by Crippen LogP contribution is 2.20. The van der Waals surface area contributed by atoms with Gasteiger partial charge >= 0.3 is 6.18 Å². The zero-order chi connectivity index (χ0) is 11.6. The van der Waals surface area contributed by atoms with Gasteiger partial charge in [0.15, 0.2) is 0 Å². The highest BCUT2D eigenvalue weighted by Gasteiger charge is 2.25. The third-order valence-electron chi connectivity index (χ3n) is 1.89. The third-order valence-corrected chi connectivity index (χ3v) is 1.89. The van der Waals surface area contributed by atoms with Gasteiger partial charge < -0.3 is 10.1 Å². The van der Waals surface area contributed by atoms with Crippen LogP contribution in [-0.4, -0.2) is 32.5 Å². The molecule has 0 heterocycles. The van der Waals surface area contributed by atoms with Crippen molar-refractivity contribution in [2.75, 3.05) is 26.3 Å². The van der Waals surface area contributed by atoms with Crippen LogP contribution in [0.4, 0.5) is 13.2 Å². The molecule has 0 aromatic rings. The van der Waals surface area contributed by atoms with Gasteiger partial charge in [0.2, 0.25) is 0 Å². The first-order chi connectivity index (χ1) is 7.06. The first-order valence-electron chi connectivity index (χ1n) is 5.41. The molecule has 0 bridgehead atoms. The zero-order valence-corrected chi connectivity index (χ0v) is 9.20. The quantitative estimate of drug-likeness (QED) is 0.611. The highest BCUT2D eigenvalue weighted by atomic mass is 19.4. The predicted molar refractivity (Wildman–Crippen MR) is 53.9 cm³/mol. The summed E-state index contributed by atoms with van der Waals surface area (Å²) >= 11 is 0. The fourth-order valence-corrected chi connectivity index (χ4v) is 1.11. The average Bonchev–Trinajstić information content (AvgIpc) is 2.14. The minimum atomic E-state index is -4.05. The summed E-state index contributed by atoms with van der Waals surface area (Å²) in [6.07, 6.45) is -2.82. The normalized spacial score (nSPS) is 12.0. The molecule has 0 saturated heterocycles. The minimum Gasteiger partial charge on any atom is -0.381 e. The van der Waals surface area contributed by atoms with Crippen molar-refractivity contribution >= 4 is 0 Å². The molecule has 92 valence electrons. The highest BCUT2D eigenvalue weighted by molar-refractivity contribution is 4.50. The number of unbranched alkanes of at least 4 members (excludes halogenated alkanes) is 1. The second-order valence-corrected chi connectivity index (χ2v) is 3.39. The molecular formula is C10H20F3NO. The van der Waals surface area contributed by atoms with Crippen LogP contribution < -0.4 is 5.32 Å². The van der Waals surface area contributed by atoms with Gasteiger partial charge in [0.1, 0.15) is 0 Å². The Balaban J connectivity index is 2.99. The van der Waals surface area contributed by atoms with E-state index in [4.69, 9.17) is 4.74 Å². The number of ether oxygens (including phenoxy) is 1. The maximum Gasteiger partial charge on any atom is 0.389 e. The second-order valence-electron chi connectivity index (χ2n) is 3.39. The van der Waals surface area contributed by atoms with E-state index in [1.54, 1.807) is 0 Å². The van der Waals surface area contributed by atoms with Crippen LogP contribution in [0.1, 0.15) is 32.6 Å². The van der Waals surface area contributed by atoms with E-state index in [1.807, 2.05) is 6.92 Å². The van der Waals surface area contributed by atoms with Gasteiger partial charge in [-0.3, -0.25) is 0 Å². The Bertz CT molecular complexity index is 139. The smallest absolute Gasteiger partial charge is 0.381 e.